The summed E-state index contributed by atoms with van der Waals surface area (Å²) in [5.41, 5.74) is 2.88. The molecule has 136 valence electrons. The zero-order valence-corrected chi connectivity index (χ0v) is 16.2. The van der Waals surface area contributed by atoms with Crippen molar-refractivity contribution in [2.24, 2.45) is 0 Å². The molecule has 1 atom stereocenters. The highest BCUT2D eigenvalue weighted by Crippen LogP contribution is 2.31. The molecule has 2 aromatic carbocycles. The number of carbonyl (C=O) groups excluding carboxylic acids is 1. The monoisotopic (exact) mass is 375 g/mol. The van der Waals surface area contributed by atoms with E-state index in [1.54, 1.807) is 11.1 Å². The van der Waals surface area contributed by atoms with Gasteiger partial charge in [-0.15, -0.1) is 11.8 Å². The summed E-state index contributed by atoms with van der Waals surface area (Å²) in [6, 6.07) is 19.8. The first kappa shape index (κ1) is 18.9. The van der Waals surface area contributed by atoms with E-state index in [-0.39, 0.29) is 11.2 Å². The van der Waals surface area contributed by atoms with Crippen LogP contribution >= 0.6 is 11.8 Å². The molecule has 0 fully saturated rings. The first-order chi connectivity index (χ1) is 13.1. The van der Waals surface area contributed by atoms with Gasteiger partial charge in [-0.1, -0.05) is 35.9 Å². The molecule has 1 heterocycles. The molecular formula is C22H21N3OS. The largest absolute Gasteiger partial charge is 0.310 e. The van der Waals surface area contributed by atoms with Crippen LogP contribution in [0.4, 0.5) is 5.69 Å². The summed E-state index contributed by atoms with van der Waals surface area (Å²) >= 11 is 1.53. The molecule has 3 aromatic rings. The molecule has 1 aromatic heterocycles. The number of benzene rings is 2. The zero-order chi connectivity index (χ0) is 19.2. The normalized spacial score (nSPS) is 11.7. The minimum Gasteiger partial charge on any atom is -0.310 e. The number of hydrogen-bond acceptors (Lipinski definition) is 4. The highest BCUT2D eigenvalue weighted by molar-refractivity contribution is 8.00. The molecule has 0 spiro atoms. The smallest absolute Gasteiger partial charge is 0.240 e. The number of nitriles is 1. The molecule has 0 saturated carbocycles. The number of hydrogen-bond donors (Lipinski definition) is 0. The van der Waals surface area contributed by atoms with E-state index in [1.165, 1.54) is 11.8 Å². The summed E-state index contributed by atoms with van der Waals surface area (Å²) in [7, 11) is 0. The molecule has 5 heteroatoms. The fourth-order valence-electron chi connectivity index (χ4n) is 2.89. The van der Waals surface area contributed by atoms with Crippen LogP contribution in [0.25, 0.3) is 10.9 Å². The van der Waals surface area contributed by atoms with Crippen molar-refractivity contribution < 1.29 is 4.79 Å². The summed E-state index contributed by atoms with van der Waals surface area (Å²) in [6.45, 7) is 4.31. The number of amides is 1. The van der Waals surface area contributed by atoms with Crippen molar-refractivity contribution in [3.05, 3.63) is 66.4 Å². The van der Waals surface area contributed by atoms with Crippen LogP contribution in [0.2, 0.25) is 0 Å². The van der Waals surface area contributed by atoms with E-state index in [2.05, 4.69) is 11.1 Å². The number of carbonyl (C=O) groups is 1. The Kier molecular flexibility index (Phi) is 6.10. The van der Waals surface area contributed by atoms with Gasteiger partial charge in [0.05, 0.1) is 23.3 Å². The molecule has 0 saturated heterocycles. The van der Waals surface area contributed by atoms with E-state index in [0.717, 1.165) is 27.0 Å². The maximum atomic E-state index is 13.2. The fraction of sp³-hybridized carbons (Fsp3) is 0.227. The fourth-order valence-corrected chi connectivity index (χ4v) is 3.93. The lowest BCUT2D eigenvalue weighted by molar-refractivity contribution is -0.117. The number of aryl methyl sites for hydroxylation is 1. The number of rotatable bonds is 6. The molecule has 0 aliphatic heterocycles. The summed E-state index contributed by atoms with van der Waals surface area (Å²) in [4.78, 5) is 20.3. The standard InChI is InChI=1S/C22H21N3OS/c1-16-8-10-18(11-9-16)25(15-5-13-23)22(26)17(2)27-21-12-14-24-20-7-4-3-6-19(20)21/h3-4,6-12,14,17H,5,15H2,1-2H3. The second kappa shape index (κ2) is 8.70. The first-order valence-corrected chi connectivity index (χ1v) is 9.73. The van der Waals surface area contributed by atoms with Gasteiger partial charge in [0.2, 0.25) is 5.91 Å². The number of para-hydroxylation sites is 1. The van der Waals surface area contributed by atoms with Gasteiger partial charge in [0, 0.05) is 28.7 Å². The Morgan fingerprint density at radius 1 is 1.19 bits per heavy atom. The quantitative estimate of drug-likeness (QED) is 0.571. The second-order valence-corrected chi connectivity index (χ2v) is 7.70. The summed E-state index contributed by atoms with van der Waals surface area (Å²) in [5.74, 6) is -0.00000331. The number of fused-ring (bicyclic) bond motifs is 1. The van der Waals surface area contributed by atoms with Crippen molar-refractivity contribution in [2.75, 3.05) is 11.4 Å². The summed E-state index contributed by atoms with van der Waals surface area (Å²) in [5, 5.41) is 9.74. The molecule has 0 radical (unpaired) electrons. The van der Waals surface area contributed by atoms with Crippen molar-refractivity contribution in [2.45, 2.75) is 30.4 Å². The van der Waals surface area contributed by atoms with Gasteiger partial charge >= 0.3 is 0 Å². The van der Waals surface area contributed by atoms with Gasteiger partial charge < -0.3 is 4.90 Å². The average molecular weight is 375 g/mol. The molecular weight excluding hydrogens is 354 g/mol. The lowest BCUT2D eigenvalue weighted by Gasteiger charge is -2.25. The number of nitrogens with zero attached hydrogens (tertiary/aromatic N) is 3. The summed E-state index contributed by atoms with van der Waals surface area (Å²) < 4.78 is 0. The average Bonchev–Trinajstić information content (AvgIpc) is 2.69. The van der Waals surface area contributed by atoms with E-state index < -0.39 is 0 Å². The van der Waals surface area contributed by atoms with Crippen molar-refractivity contribution in [1.82, 2.24) is 4.98 Å². The van der Waals surface area contributed by atoms with Crippen LogP contribution in [0.5, 0.6) is 0 Å². The van der Waals surface area contributed by atoms with Crippen molar-refractivity contribution in [3.8, 4) is 6.07 Å². The number of pyridine rings is 1. The number of thioether (sulfide) groups is 1. The van der Waals surface area contributed by atoms with Crippen molar-refractivity contribution in [3.63, 3.8) is 0 Å². The van der Waals surface area contributed by atoms with Gasteiger partial charge in [0.15, 0.2) is 0 Å². The molecule has 3 rings (SSSR count). The molecule has 1 amide bonds. The predicted molar refractivity (Wildman–Crippen MR) is 111 cm³/mol. The SMILES string of the molecule is Cc1ccc(N(CCC#N)C(=O)C(C)Sc2ccnc3ccccc23)cc1. The second-order valence-electron chi connectivity index (χ2n) is 6.32. The Morgan fingerprint density at radius 2 is 1.93 bits per heavy atom. The molecule has 4 nitrogen and oxygen atoms in total. The third-order valence-corrected chi connectivity index (χ3v) is 5.48. The maximum Gasteiger partial charge on any atom is 0.240 e. The first-order valence-electron chi connectivity index (χ1n) is 8.85. The molecule has 1 unspecified atom stereocenters. The molecule has 0 aliphatic carbocycles. The highest BCUT2D eigenvalue weighted by atomic mass is 32.2. The van der Waals surface area contributed by atoms with Crippen LogP contribution in [-0.4, -0.2) is 22.7 Å². The van der Waals surface area contributed by atoms with Crippen LogP contribution in [-0.2, 0) is 4.79 Å². The maximum absolute atomic E-state index is 13.2. The van der Waals surface area contributed by atoms with E-state index >= 15 is 0 Å². The zero-order valence-electron chi connectivity index (χ0n) is 15.4. The van der Waals surface area contributed by atoms with Gasteiger partial charge in [0.1, 0.15) is 0 Å². The summed E-state index contributed by atoms with van der Waals surface area (Å²) in [6.07, 6.45) is 2.07. The van der Waals surface area contributed by atoms with E-state index in [4.69, 9.17) is 5.26 Å². The van der Waals surface area contributed by atoms with Crippen molar-refractivity contribution >= 4 is 34.3 Å². The van der Waals surface area contributed by atoms with Crippen molar-refractivity contribution in [1.29, 1.82) is 5.26 Å². The lowest BCUT2D eigenvalue weighted by atomic mass is 10.2. The molecule has 0 N–H and O–H groups in total. The van der Waals surface area contributed by atoms with Gasteiger partial charge in [-0.05, 0) is 38.1 Å². The molecule has 27 heavy (non-hydrogen) atoms. The Morgan fingerprint density at radius 3 is 2.67 bits per heavy atom. The number of aromatic nitrogens is 1. The van der Waals surface area contributed by atoms with Crippen LogP contribution in [0.15, 0.2) is 65.7 Å². The van der Waals surface area contributed by atoms with Crippen LogP contribution in [0.3, 0.4) is 0 Å². The van der Waals surface area contributed by atoms with Gasteiger partial charge in [-0.3, -0.25) is 9.78 Å². The number of anilines is 1. The van der Waals surface area contributed by atoms with E-state index in [1.807, 2.05) is 68.4 Å². The Labute approximate surface area is 163 Å². The van der Waals surface area contributed by atoms with E-state index in [0.29, 0.717) is 13.0 Å². The minimum atomic E-state index is -0.282. The Balaban J connectivity index is 1.84. The van der Waals surface area contributed by atoms with Crippen LogP contribution in [0.1, 0.15) is 18.9 Å². The third kappa shape index (κ3) is 4.47. The van der Waals surface area contributed by atoms with Crippen LogP contribution < -0.4 is 4.90 Å². The van der Waals surface area contributed by atoms with Gasteiger partial charge in [0.25, 0.3) is 0 Å². The van der Waals surface area contributed by atoms with E-state index in [9.17, 15) is 4.79 Å². The van der Waals surface area contributed by atoms with Gasteiger partial charge in [-0.25, -0.2) is 0 Å². The Hall–Kier alpha value is -2.84. The third-order valence-electron chi connectivity index (χ3n) is 4.32. The minimum absolute atomic E-state index is 0.00000331. The molecule has 0 aliphatic rings. The molecule has 0 bridgehead atoms. The highest BCUT2D eigenvalue weighted by Gasteiger charge is 2.23. The lowest BCUT2D eigenvalue weighted by Crippen LogP contribution is -2.37. The van der Waals surface area contributed by atoms with Gasteiger partial charge in [-0.2, -0.15) is 5.26 Å². The Bertz CT molecular complexity index is 974. The predicted octanol–water partition coefficient (Wildman–Crippen LogP) is 4.97. The topological polar surface area (TPSA) is 57.0 Å². The van der Waals surface area contributed by atoms with Crippen LogP contribution in [0, 0.1) is 18.3 Å².